The quantitative estimate of drug-likeness (QED) is 0.873. The van der Waals surface area contributed by atoms with Gasteiger partial charge in [0.1, 0.15) is 11.6 Å². The first-order valence-electron chi connectivity index (χ1n) is 6.57. The van der Waals surface area contributed by atoms with Gasteiger partial charge in [0, 0.05) is 11.6 Å². The van der Waals surface area contributed by atoms with Gasteiger partial charge < -0.3 is 10.1 Å². The van der Waals surface area contributed by atoms with E-state index in [9.17, 15) is 8.78 Å². The van der Waals surface area contributed by atoms with Crippen molar-refractivity contribution in [2.24, 2.45) is 0 Å². The maximum absolute atomic E-state index is 13.6. The van der Waals surface area contributed by atoms with Gasteiger partial charge in [-0.3, -0.25) is 0 Å². The van der Waals surface area contributed by atoms with Crippen molar-refractivity contribution in [1.29, 1.82) is 0 Å². The highest BCUT2D eigenvalue weighted by molar-refractivity contribution is 5.40. The van der Waals surface area contributed by atoms with Gasteiger partial charge in [0.05, 0.1) is 0 Å². The average Bonchev–Trinajstić information content (AvgIpc) is 2.43. The molecule has 0 radical (unpaired) electrons. The summed E-state index contributed by atoms with van der Waals surface area (Å²) in [5.41, 5.74) is 0.662. The third-order valence-electron chi connectivity index (χ3n) is 3.01. The van der Waals surface area contributed by atoms with Crippen molar-refractivity contribution in [1.82, 2.24) is 5.32 Å². The number of ether oxygens (including phenoxy) is 1. The van der Waals surface area contributed by atoms with E-state index < -0.39 is 5.82 Å². The van der Waals surface area contributed by atoms with E-state index in [1.165, 1.54) is 24.3 Å². The van der Waals surface area contributed by atoms with Crippen LogP contribution in [0.1, 0.15) is 25.5 Å². The first-order chi connectivity index (χ1) is 9.61. The van der Waals surface area contributed by atoms with Crippen LogP contribution in [0.2, 0.25) is 0 Å². The minimum atomic E-state index is -0.445. The largest absolute Gasteiger partial charge is 0.454 e. The molecule has 0 aromatic heterocycles. The molecule has 0 spiro atoms. The smallest absolute Gasteiger partial charge is 0.165 e. The molecule has 0 amide bonds. The molecule has 0 bridgehead atoms. The minimum Gasteiger partial charge on any atom is -0.454 e. The van der Waals surface area contributed by atoms with Gasteiger partial charge in [0.25, 0.3) is 0 Å². The molecule has 2 nitrogen and oxygen atoms in total. The Bertz CT molecular complexity index is 586. The molecule has 106 valence electrons. The summed E-state index contributed by atoms with van der Waals surface area (Å²) in [7, 11) is 0. The van der Waals surface area contributed by atoms with Crippen LogP contribution in [-0.4, -0.2) is 6.54 Å². The minimum absolute atomic E-state index is 0.0857. The summed E-state index contributed by atoms with van der Waals surface area (Å²) < 4.78 is 32.6. The molecule has 0 fully saturated rings. The van der Waals surface area contributed by atoms with Crippen LogP contribution in [-0.2, 0) is 0 Å². The summed E-state index contributed by atoms with van der Waals surface area (Å²) in [4.78, 5) is 0. The van der Waals surface area contributed by atoms with E-state index in [0.29, 0.717) is 11.3 Å². The lowest BCUT2D eigenvalue weighted by Crippen LogP contribution is -2.18. The summed E-state index contributed by atoms with van der Waals surface area (Å²) in [5, 5.41) is 3.19. The van der Waals surface area contributed by atoms with Crippen molar-refractivity contribution in [3.63, 3.8) is 0 Å². The topological polar surface area (TPSA) is 21.3 Å². The summed E-state index contributed by atoms with van der Waals surface area (Å²) in [6.07, 6.45) is 0. The van der Waals surface area contributed by atoms with Crippen molar-refractivity contribution in [3.05, 3.63) is 59.7 Å². The van der Waals surface area contributed by atoms with E-state index in [-0.39, 0.29) is 17.6 Å². The van der Waals surface area contributed by atoms with Gasteiger partial charge in [-0.2, -0.15) is 0 Å². The normalized spacial score (nSPS) is 12.2. The monoisotopic (exact) mass is 277 g/mol. The van der Waals surface area contributed by atoms with Crippen LogP contribution in [0.15, 0.2) is 42.5 Å². The molecule has 2 aromatic rings. The lowest BCUT2D eigenvalue weighted by Gasteiger charge is -2.17. The second-order valence-corrected chi connectivity index (χ2v) is 4.49. The lowest BCUT2D eigenvalue weighted by atomic mass is 10.1. The number of hydrogen-bond acceptors (Lipinski definition) is 2. The van der Waals surface area contributed by atoms with Crippen molar-refractivity contribution in [2.45, 2.75) is 19.9 Å². The molecule has 1 N–H and O–H groups in total. The van der Waals surface area contributed by atoms with Gasteiger partial charge in [0.15, 0.2) is 11.6 Å². The number of rotatable bonds is 5. The fraction of sp³-hybridized carbons (Fsp3) is 0.250. The molecule has 4 heteroatoms. The molecule has 1 unspecified atom stereocenters. The molecule has 1 atom stereocenters. The van der Waals surface area contributed by atoms with Crippen LogP contribution >= 0.6 is 0 Å². The van der Waals surface area contributed by atoms with Crippen LogP contribution in [0.4, 0.5) is 8.78 Å². The number of para-hydroxylation sites is 1. The van der Waals surface area contributed by atoms with Gasteiger partial charge in [-0.25, -0.2) is 8.78 Å². The van der Waals surface area contributed by atoms with Gasteiger partial charge >= 0.3 is 0 Å². The first-order valence-corrected chi connectivity index (χ1v) is 6.57. The van der Waals surface area contributed by atoms with E-state index >= 15 is 0 Å². The SMILES string of the molecule is CCNC(C)c1cc(F)ccc1Oc1ccccc1F. The lowest BCUT2D eigenvalue weighted by molar-refractivity contribution is 0.428. The summed E-state index contributed by atoms with van der Waals surface area (Å²) >= 11 is 0. The van der Waals surface area contributed by atoms with E-state index in [2.05, 4.69) is 5.32 Å². The van der Waals surface area contributed by atoms with Gasteiger partial charge in [0.2, 0.25) is 0 Å². The summed E-state index contributed by atoms with van der Waals surface area (Å²) in [5.74, 6) is -0.210. The van der Waals surface area contributed by atoms with E-state index in [0.717, 1.165) is 6.54 Å². The molecular weight excluding hydrogens is 260 g/mol. The maximum atomic E-state index is 13.6. The van der Waals surface area contributed by atoms with Gasteiger partial charge in [-0.05, 0) is 43.8 Å². The van der Waals surface area contributed by atoms with Crippen molar-refractivity contribution in [2.75, 3.05) is 6.54 Å². The number of halogens is 2. The Kier molecular flexibility index (Phi) is 4.69. The zero-order valence-electron chi connectivity index (χ0n) is 11.5. The number of benzene rings is 2. The number of hydrogen-bond donors (Lipinski definition) is 1. The predicted molar refractivity (Wildman–Crippen MR) is 75.0 cm³/mol. The van der Waals surface area contributed by atoms with E-state index in [1.54, 1.807) is 18.2 Å². The van der Waals surface area contributed by atoms with Gasteiger partial charge in [-0.15, -0.1) is 0 Å². The number of nitrogens with one attached hydrogen (secondary N) is 1. The molecule has 0 saturated heterocycles. The zero-order chi connectivity index (χ0) is 14.5. The molecule has 20 heavy (non-hydrogen) atoms. The van der Waals surface area contributed by atoms with E-state index in [1.807, 2.05) is 13.8 Å². The third kappa shape index (κ3) is 3.33. The standard InChI is InChI=1S/C16H17F2NO/c1-3-19-11(2)13-10-12(17)8-9-15(13)20-16-7-5-4-6-14(16)18/h4-11,19H,3H2,1-2H3. The van der Waals surface area contributed by atoms with Crippen LogP contribution in [0.3, 0.4) is 0 Å². The Morgan fingerprint density at radius 3 is 2.55 bits per heavy atom. The molecule has 0 aliphatic rings. The Balaban J connectivity index is 2.34. The predicted octanol–water partition coefficient (Wildman–Crippen LogP) is 4.43. The Morgan fingerprint density at radius 2 is 1.85 bits per heavy atom. The highest BCUT2D eigenvalue weighted by Crippen LogP contribution is 2.31. The molecule has 0 aliphatic heterocycles. The second-order valence-electron chi connectivity index (χ2n) is 4.49. The molecule has 2 rings (SSSR count). The second kappa shape index (κ2) is 6.48. The molecular formula is C16H17F2NO. The Hall–Kier alpha value is -1.94. The maximum Gasteiger partial charge on any atom is 0.165 e. The zero-order valence-corrected chi connectivity index (χ0v) is 11.5. The van der Waals surface area contributed by atoms with Gasteiger partial charge in [-0.1, -0.05) is 19.1 Å². The summed E-state index contributed by atoms with van der Waals surface area (Å²) in [6.45, 7) is 4.62. The molecule has 0 saturated carbocycles. The van der Waals surface area contributed by atoms with Crippen molar-refractivity contribution < 1.29 is 13.5 Å². The van der Waals surface area contributed by atoms with Crippen LogP contribution < -0.4 is 10.1 Å². The Morgan fingerprint density at radius 1 is 1.10 bits per heavy atom. The Labute approximate surface area is 117 Å². The fourth-order valence-corrected chi connectivity index (χ4v) is 2.01. The van der Waals surface area contributed by atoms with Crippen LogP contribution in [0, 0.1) is 11.6 Å². The average molecular weight is 277 g/mol. The fourth-order valence-electron chi connectivity index (χ4n) is 2.01. The van der Waals surface area contributed by atoms with Crippen molar-refractivity contribution >= 4 is 0 Å². The highest BCUT2D eigenvalue weighted by atomic mass is 19.1. The van der Waals surface area contributed by atoms with Crippen molar-refractivity contribution in [3.8, 4) is 11.5 Å². The van der Waals surface area contributed by atoms with Crippen LogP contribution in [0.5, 0.6) is 11.5 Å². The summed E-state index contributed by atoms with van der Waals surface area (Å²) in [6, 6.07) is 10.3. The first kappa shape index (κ1) is 14.5. The van der Waals surface area contributed by atoms with E-state index in [4.69, 9.17) is 4.74 Å². The third-order valence-corrected chi connectivity index (χ3v) is 3.01. The van der Waals surface area contributed by atoms with Crippen LogP contribution in [0.25, 0.3) is 0 Å². The highest BCUT2D eigenvalue weighted by Gasteiger charge is 2.14. The molecule has 2 aromatic carbocycles. The molecule has 0 aliphatic carbocycles. The molecule has 0 heterocycles.